The van der Waals surface area contributed by atoms with Crippen molar-refractivity contribution in [2.24, 2.45) is 0 Å². The second-order valence-corrected chi connectivity index (χ2v) is 4.15. The summed E-state index contributed by atoms with van der Waals surface area (Å²) in [6, 6.07) is 0.651. The molecule has 0 aliphatic heterocycles. The van der Waals surface area contributed by atoms with Crippen molar-refractivity contribution in [2.75, 3.05) is 13.6 Å². The van der Waals surface area contributed by atoms with Crippen LogP contribution in [-0.2, 0) is 0 Å². The quantitative estimate of drug-likeness (QED) is 0.638. The lowest BCUT2D eigenvalue weighted by Gasteiger charge is -2.24. The first-order valence-electron chi connectivity index (χ1n) is 4.94. The van der Waals surface area contributed by atoms with Crippen LogP contribution in [-0.4, -0.2) is 25.2 Å². The minimum atomic E-state index is 0.264. The highest BCUT2D eigenvalue weighted by molar-refractivity contribution is 4.76. The molecule has 0 aromatic carbocycles. The Morgan fingerprint density at radius 1 is 1.33 bits per heavy atom. The van der Waals surface area contributed by atoms with Gasteiger partial charge in [-0.3, -0.25) is 0 Å². The standard InChI is InChI=1S/C10H24N2/c1-6-9(2)12-8-7-10(3,4)11-5/h9,11-12H,6-8H2,1-5H3. The van der Waals surface area contributed by atoms with Gasteiger partial charge in [0.05, 0.1) is 0 Å². The van der Waals surface area contributed by atoms with Gasteiger partial charge < -0.3 is 10.6 Å². The Morgan fingerprint density at radius 3 is 2.33 bits per heavy atom. The predicted octanol–water partition coefficient (Wildman–Crippen LogP) is 1.76. The van der Waals surface area contributed by atoms with Gasteiger partial charge in [0.15, 0.2) is 0 Å². The van der Waals surface area contributed by atoms with Gasteiger partial charge in [0.1, 0.15) is 0 Å². The summed E-state index contributed by atoms with van der Waals surface area (Å²) in [6.45, 7) is 9.99. The minimum absolute atomic E-state index is 0.264. The molecule has 1 atom stereocenters. The van der Waals surface area contributed by atoms with E-state index in [1.54, 1.807) is 0 Å². The molecule has 0 heterocycles. The fourth-order valence-electron chi connectivity index (χ4n) is 0.900. The molecule has 1 unspecified atom stereocenters. The van der Waals surface area contributed by atoms with Crippen LogP contribution in [0.3, 0.4) is 0 Å². The van der Waals surface area contributed by atoms with Gasteiger partial charge in [0.2, 0.25) is 0 Å². The third-order valence-corrected chi connectivity index (χ3v) is 2.53. The Bertz CT molecular complexity index is 110. The highest BCUT2D eigenvalue weighted by Crippen LogP contribution is 2.05. The van der Waals surface area contributed by atoms with E-state index >= 15 is 0 Å². The monoisotopic (exact) mass is 172 g/mol. The van der Waals surface area contributed by atoms with E-state index in [2.05, 4.69) is 38.3 Å². The Balaban J connectivity index is 3.42. The van der Waals surface area contributed by atoms with E-state index in [9.17, 15) is 0 Å². The van der Waals surface area contributed by atoms with E-state index in [1.807, 2.05) is 7.05 Å². The zero-order valence-electron chi connectivity index (χ0n) is 9.20. The lowest BCUT2D eigenvalue weighted by Crippen LogP contribution is -2.40. The molecular formula is C10H24N2. The fraction of sp³-hybridized carbons (Fsp3) is 1.00. The first-order chi connectivity index (χ1) is 5.52. The molecule has 0 aromatic heterocycles. The van der Waals surface area contributed by atoms with Crippen LogP contribution in [0.15, 0.2) is 0 Å². The van der Waals surface area contributed by atoms with Crippen molar-refractivity contribution in [3.8, 4) is 0 Å². The number of nitrogens with one attached hydrogen (secondary N) is 2. The van der Waals surface area contributed by atoms with Crippen LogP contribution >= 0.6 is 0 Å². The van der Waals surface area contributed by atoms with Crippen molar-refractivity contribution in [3.05, 3.63) is 0 Å². The van der Waals surface area contributed by atoms with Crippen LogP contribution in [0.2, 0.25) is 0 Å². The van der Waals surface area contributed by atoms with Crippen molar-refractivity contribution < 1.29 is 0 Å². The molecule has 2 heteroatoms. The van der Waals surface area contributed by atoms with Crippen molar-refractivity contribution in [3.63, 3.8) is 0 Å². The molecule has 0 aliphatic carbocycles. The maximum absolute atomic E-state index is 3.48. The largest absolute Gasteiger partial charge is 0.315 e. The molecule has 0 radical (unpaired) electrons. The van der Waals surface area contributed by atoms with E-state index in [-0.39, 0.29) is 5.54 Å². The molecule has 74 valence electrons. The van der Waals surface area contributed by atoms with E-state index < -0.39 is 0 Å². The molecule has 0 fully saturated rings. The normalized spacial score (nSPS) is 14.8. The van der Waals surface area contributed by atoms with E-state index in [4.69, 9.17) is 0 Å². The van der Waals surface area contributed by atoms with E-state index in [0.717, 1.165) is 6.54 Å². The highest BCUT2D eigenvalue weighted by atomic mass is 14.9. The summed E-state index contributed by atoms with van der Waals surface area (Å²) in [5.41, 5.74) is 0.264. The smallest absolute Gasteiger partial charge is 0.0134 e. The van der Waals surface area contributed by atoms with Crippen LogP contribution in [0.4, 0.5) is 0 Å². The van der Waals surface area contributed by atoms with E-state index in [1.165, 1.54) is 12.8 Å². The van der Waals surface area contributed by atoms with Gasteiger partial charge in [-0.1, -0.05) is 6.92 Å². The summed E-state index contributed by atoms with van der Waals surface area (Å²) >= 11 is 0. The van der Waals surface area contributed by atoms with Crippen molar-refractivity contribution in [1.29, 1.82) is 0 Å². The molecular weight excluding hydrogens is 148 g/mol. The number of rotatable bonds is 6. The SMILES string of the molecule is CCC(C)NCCC(C)(C)NC. The fourth-order valence-corrected chi connectivity index (χ4v) is 0.900. The summed E-state index contributed by atoms with van der Waals surface area (Å²) < 4.78 is 0. The lowest BCUT2D eigenvalue weighted by atomic mass is 10.0. The Hall–Kier alpha value is -0.0800. The third-order valence-electron chi connectivity index (χ3n) is 2.53. The average molecular weight is 172 g/mol. The molecule has 0 aliphatic rings. The number of hydrogen-bond acceptors (Lipinski definition) is 2. The summed E-state index contributed by atoms with van der Waals surface area (Å²) in [4.78, 5) is 0. The first kappa shape index (κ1) is 11.9. The lowest BCUT2D eigenvalue weighted by molar-refractivity contribution is 0.371. The van der Waals surface area contributed by atoms with Crippen molar-refractivity contribution in [2.45, 2.75) is 52.1 Å². The molecule has 12 heavy (non-hydrogen) atoms. The van der Waals surface area contributed by atoms with Crippen LogP contribution in [0.25, 0.3) is 0 Å². The Labute approximate surface area is 77.1 Å². The summed E-state index contributed by atoms with van der Waals surface area (Å²) in [5, 5.41) is 6.78. The van der Waals surface area contributed by atoms with E-state index in [0.29, 0.717) is 6.04 Å². The van der Waals surface area contributed by atoms with Crippen LogP contribution in [0.5, 0.6) is 0 Å². The van der Waals surface area contributed by atoms with Crippen LogP contribution in [0, 0.1) is 0 Å². The zero-order chi connectivity index (χ0) is 9.61. The second kappa shape index (κ2) is 5.55. The molecule has 2 nitrogen and oxygen atoms in total. The predicted molar refractivity (Wildman–Crippen MR) is 55.5 cm³/mol. The Kier molecular flexibility index (Phi) is 5.51. The molecule has 0 rings (SSSR count). The molecule has 0 amide bonds. The summed E-state index contributed by atoms with van der Waals surface area (Å²) in [5.74, 6) is 0. The third kappa shape index (κ3) is 5.56. The first-order valence-corrected chi connectivity index (χ1v) is 4.94. The van der Waals surface area contributed by atoms with Gasteiger partial charge in [-0.2, -0.15) is 0 Å². The zero-order valence-corrected chi connectivity index (χ0v) is 9.20. The van der Waals surface area contributed by atoms with Gasteiger partial charge in [0.25, 0.3) is 0 Å². The number of hydrogen-bond donors (Lipinski definition) is 2. The minimum Gasteiger partial charge on any atom is -0.315 e. The summed E-state index contributed by atoms with van der Waals surface area (Å²) in [6.07, 6.45) is 2.38. The van der Waals surface area contributed by atoms with Gasteiger partial charge in [-0.25, -0.2) is 0 Å². The second-order valence-electron chi connectivity index (χ2n) is 4.15. The topological polar surface area (TPSA) is 24.1 Å². The maximum atomic E-state index is 3.48. The molecule has 0 bridgehead atoms. The summed E-state index contributed by atoms with van der Waals surface area (Å²) in [7, 11) is 2.02. The molecule has 0 aromatic rings. The molecule has 0 saturated carbocycles. The maximum Gasteiger partial charge on any atom is 0.0134 e. The highest BCUT2D eigenvalue weighted by Gasteiger charge is 2.13. The molecule has 0 spiro atoms. The molecule has 2 N–H and O–H groups in total. The van der Waals surface area contributed by atoms with Gasteiger partial charge in [0, 0.05) is 11.6 Å². The molecule has 0 saturated heterocycles. The van der Waals surface area contributed by atoms with Crippen LogP contribution < -0.4 is 10.6 Å². The van der Waals surface area contributed by atoms with Crippen molar-refractivity contribution in [1.82, 2.24) is 10.6 Å². The van der Waals surface area contributed by atoms with Crippen LogP contribution in [0.1, 0.15) is 40.5 Å². The Morgan fingerprint density at radius 2 is 1.92 bits per heavy atom. The van der Waals surface area contributed by atoms with Gasteiger partial charge >= 0.3 is 0 Å². The van der Waals surface area contributed by atoms with Crippen molar-refractivity contribution >= 4 is 0 Å². The van der Waals surface area contributed by atoms with Gasteiger partial charge in [-0.05, 0) is 47.2 Å². The average Bonchev–Trinajstić information content (AvgIpc) is 2.04. The van der Waals surface area contributed by atoms with Gasteiger partial charge in [-0.15, -0.1) is 0 Å².